The van der Waals surface area contributed by atoms with Crippen molar-refractivity contribution in [1.29, 1.82) is 0 Å². The van der Waals surface area contributed by atoms with Gasteiger partial charge >= 0.3 is 12.6 Å². The molecule has 1 aliphatic heterocycles. The number of alkyl halides is 2. The Morgan fingerprint density at radius 2 is 1.77 bits per heavy atom. The number of hydrogen-bond acceptors (Lipinski definition) is 8. The average molecular weight is 694 g/mol. The van der Waals surface area contributed by atoms with Crippen molar-refractivity contribution in [1.82, 2.24) is 9.29 Å². The molecule has 0 spiro atoms. The first-order chi connectivity index (χ1) is 20.5. The number of pyridine rings is 1. The molecule has 0 N–H and O–H groups in total. The van der Waals surface area contributed by atoms with Crippen LogP contribution in [-0.2, 0) is 26.0 Å². The number of esters is 1. The molecule has 2 heterocycles. The topological polar surface area (TPSA) is 95.0 Å². The Balaban J connectivity index is 1.47. The zero-order valence-corrected chi connectivity index (χ0v) is 26.2. The van der Waals surface area contributed by atoms with E-state index in [1.54, 1.807) is 6.07 Å². The maximum Gasteiger partial charge on any atom is 0.387 e. The van der Waals surface area contributed by atoms with Gasteiger partial charge in [0.25, 0.3) is 0 Å². The van der Waals surface area contributed by atoms with Crippen LogP contribution in [0.5, 0.6) is 11.5 Å². The Morgan fingerprint density at radius 1 is 1.05 bits per heavy atom. The third kappa shape index (κ3) is 7.66. The fraction of sp³-hybridized carbons (Fsp3) is 0.357. The van der Waals surface area contributed by atoms with E-state index in [0.717, 1.165) is 28.9 Å². The van der Waals surface area contributed by atoms with Gasteiger partial charge in [-0.2, -0.15) is 13.1 Å². The van der Waals surface area contributed by atoms with Crippen molar-refractivity contribution in [2.75, 3.05) is 18.9 Å². The summed E-state index contributed by atoms with van der Waals surface area (Å²) in [5.74, 6) is -0.299. The van der Waals surface area contributed by atoms with Crippen LogP contribution < -0.4 is 9.47 Å². The quantitative estimate of drug-likeness (QED) is 0.187. The summed E-state index contributed by atoms with van der Waals surface area (Å²) in [5.41, 5.74) is 0.789. The second kappa shape index (κ2) is 13.7. The molecule has 1 saturated heterocycles. The summed E-state index contributed by atoms with van der Waals surface area (Å²) < 4.78 is 70.7. The molecule has 0 bridgehead atoms. The molecule has 2 fully saturated rings. The fourth-order valence-electron chi connectivity index (χ4n) is 4.43. The molecule has 0 radical (unpaired) electrons. The highest BCUT2D eigenvalue weighted by Gasteiger charge is 2.43. The van der Waals surface area contributed by atoms with Crippen LogP contribution in [0, 0.1) is 5.92 Å². The van der Waals surface area contributed by atoms with E-state index in [0.29, 0.717) is 29.4 Å². The van der Waals surface area contributed by atoms with Crippen molar-refractivity contribution >= 4 is 62.6 Å². The summed E-state index contributed by atoms with van der Waals surface area (Å²) in [7, 11) is -4.15. The first kappa shape index (κ1) is 32.1. The van der Waals surface area contributed by atoms with Gasteiger partial charge in [0.1, 0.15) is 11.0 Å². The van der Waals surface area contributed by atoms with E-state index in [1.165, 1.54) is 48.8 Å². The zero-order valence-electron chi connectivity index (χ0n) is 22.3. The molecule has 2 aromatic carbocycles. The van der Waals surface area contributed by atoms with E-state index in [2.05, 4.69) is 9.72 Å². The van der Waals surface area contributed by atoms with Crippen molar-refractivity contribution < 1.29 is 36.2 Å². The van der Waals surface area contributed by atoms with Gasteiger partial charge in [0, 0.05) is 31.1 Å². The Hall–Kier alpha value is -2.35. The lowest BCUT2D eigenvalue weighted by Gasteiger charge is -2.26. The number of rotatable bonds is 12. The highest BCUT2D eigenvalue weighted by molar-refractivity contribution is 8.02. The minimum absolute atomic E-state index is 0.0243. The molecule has 2 atom stereocenters. The van der Waals surface area contributed by atoms with E-state index in [9.17, 15) is 22.0 Å². The van der Waals surface area contributed by atoms with Gasteiger partial charge in [0.2, 0.25) is 10.0 Å². The first-order valence-electron chi connectivity index (χ1n) is 13.1. The van der Waals surface area contributed by atoms with E-state index < -0.39 is 34.1 Å². The minimum Gasteiger partial charge on any atom is -0.489 e. The summed E-state index contributed by atoms with van der Waals surface area (Å²) >= 11 is 20.0. The number of aromatic nitrogens is 1. The smallest absolute Gasteiger partial charge is 0.387 e. The number of carbonyl (C=O) groups is 1. The van der Waals surface area contributed by atoms with Crippen molar-refractivity contribution in [3.8, 4) is 11.5 Å². The van der Waals surface area contributed by atoms with Crippen LogP contribution >= 0.6 is 46.6 Å². The minimum atomic E-state index is -4.15. The second-order valence-electron chi connectivity index (χ2n) is 9.82. The molecule has 1 saturated carbocycles. The zero-order chi connectivity index (χ0) is 30.7. The molecule has 15 heteroatoms. The van der Waals surface area contributed by atoms with E-state index in [1.807, 2.05) is 0 Å². The molecule has 1 unspecified atom stereocenters. The standard InChI is InChI=1S/C28H25Cl3F2N2O6S2/c29-19-3-1-2-4-25(19)43(37,38)35-9-10-42-26(35)27(36)40-23(12-18-20(30)13-34-14-21(18)31)17-7-8-22(41-28(32)33)24(11-17)39-15-16-5-6-16/h1-4,7-8,11,13-14,16,23,26,28H,5-6,9-10,12,15H2/t23-,26?/m0/s1. The maximum atomic E-state index is 13.7. The summed E-state index contributed by atoms with van der Waals surface area (Å²) in [6, 6.07) is 10.2. The monoisotopic (exact) mass is 692 g/mol. The predicted octanol–water partition coefficient (Wildman–Crippen LogP) is 7.02. The van der Waals surface area contributed by atoms with Crippen LogP contribution in [0.2, 0.25) is 15.1 Å². The molecular formula is C28H25Cl3F2N2O6S2. The lowest BCUT2D eigenvalue weighted by molar-refractivity contribution is -0.150. The normalized spacial score (nSPS) is 18.0. The van der Waals surface area contributed by atoms with Gasteiger partial charge < -0.3 is 14.2 Å². The number of halogens is 5. The van der Waals surface area contributed by atoms with Crippen molar-refractivity contribution in [3.63, 3.8) is 0 Å². The molecule has 0 amide bonds. The Labute approximate surface area is 266 Å². The maximum absolute atomic E-state index is 13.7. The first-order valence-corrected chi connectivity index (χ1v) is 16.7. The van der Waals surface area contributed by atoms with Crippen LogP contribution in [-0.4, -0.2) is 54.6 Å². The number of carbonyl (C=O) groups excluding carboxylic acids is 1. The second-order valence-corrected chi connectivity index (χ2v) is 14.1. The Bertz CT molecular complexity index is 1580. The van der Waals surface area contributed by atoms with Crippen molar-refractivity contribution in [3.05, 3.63) is 81.1 Å². The molecule has 3 aromatic rings. The van der Waals surface area contributed by atoms with Crippen molar-refractivity contribution in [2.24, 2.45) is 5.92 Å². The Morgan fingerprint density at radius 3 is 2.44 bits per heavy atom. The van der Waals surface area contributed by atoms with Crippen LogP contribution in [0.1, 0.15) is 30.1 Å². The summed E-state index contributed by atoms with van der Waals surface area (Å²) in [4.78, 5) is 17.5. The molecular weight excluding hydrogens is 669 g/mol. The third-order valence-corrected chi connectivity index (χ3v) is 11.1. The van der Waals surface area contributed by atoms with Gasteiger partial charge in [-0.3, -0.25) is 4.98 Å². The average Bonchev–Trinajstić information content (AvgIpc) is 3.65. The van der Waals surface area contributed by atoms with E-state index in [4.69, 9.17) is 44.3 Å². The summed E-state index contributed by atoms with van der Waals surface area (Å²) in [6.07, 6.45) is 3.61. The van der Waals surface area contributed by atoms with Gasteiger partial charge in [-0.25, -0.2) is 13.2 Å². The summed E-state index contributed by atoms with van der Waals surface area (Å²) in [6.45, 7) is -2.71. The van der Waals surface area contributed by atoms with E-state index in [-0.39, 0.29) is 44.4 Å². The SMILES string of the molecule is O=C(O[C@@H](Cc1c(Cl)cncc1Cl)c1ccc(OC(F)F)c(OCC2CC2)c1)C1SCCN1S(=O)(=O)c1ccccc1Cl. The predicted molar refractivity (Wildman–Crippen MR) is 160 cm³/mol. The molecule has 1 aliphatic carbocycles. The Kier molecular flexibility index (Phi) is 10.2. The van der Waals surface area contributed by atoms with Gasteiger partial charge in [0.15, 0.2) is 16.9 Å². The van der Waals surface area contributed by atoms with Crippen LogP contribution in [0.4, 0.5) is 8.78 Å². The number of hydrogen-bond donors (Lipinski definition) is 0. The number of thioether (sulfide) groups is 1. The highest BCUT2D eigenvalue weighted by Crippen LogP contribution is 2.39. The summed E-state index contributed by atoms with van der Waals surface area (Å²) in [5, 5.41) is -0.750. The largest absolute Gasteiger partial charge is 0.489 e. The van der Waals surface area contributed by atoms with Crippen LogP contribution in [0.25, 0.3) is 0 Å². The van der Waals surface area contributed by atoms with Crippen LogP contribution in [0.15, 0.2) is 59.8 Å². The molecule has 8 nitrogen and oxygen atoms in total. The van der Waals surface area contributed by atoms with Gasteiger partial charge in [-0.05, 0) is 54.2 Å². The lowest BCUT2D eigenvalue weighted by atomic mass is 10.0. The highest BCUT2D eigenvalue weighted by atomic mass is 35.5. The molecule has 43 heavy (non-hydrogen) atoms. The number of benzene rings is 2. The molecule has 230 valence electrons. The lowest BCUT2D eigenvalue weighted by Crippen LogP contribution is -2.40. The van der Waals surface area contributed by atoms with Crippen molar-refractivity contribution in [2.45, 2.75) is 42.2 Å². The van der Waals surface area contributed by atoms with Gasteiger partial charge in [-0.15, -0.1) is 11.8 Å². The van der Waals surface area contributed by atoms with Crippen LogP contribution in [0.3, 0.4) is 0 Å². The van der Waals surface area contributed by atoms with Gasteiger partial charge in [0.05, 0.1) is 21.7 Å². The number of sulfonamides is 1. The number of ether oxygens (including phenoxy) is 3. The molecule has 5 rings (SSSR count). The molecule has 1 aromatic heterocycles. The molecule has 2 aliphatic rings. The van der Waals surface area contributed by atoms with E-state index >= 15 is 0 Å². The van der Waals surface area contributed by atoms with Gasteiger partial charge in [-0.1, -0.05) is 53.0 Å². The third-order valence-electron chi connectivity index (χ3n) is 6.80. The number of nitrogens with zero attached hydrogens (tertiary/aromatic N) is 2. The fourth-order valence-corrected chi connectivity index (χ4v) is 8.50.